The number of amides is 1. The summed E-state index contributed by atoms with van der Waals surface area (Å²) in [7, 11) is 3.50. The monoisotopic (exact) mass is 375 g/mol. The number of hydrogen-bond acceptors (Lipinski definition) is 5. The molecular weight excluding hydrogens is 350 g/mol. The van der Waals surface area contributed by atoms with E-state index in [0.29, 0.717) is 19.6 Å². The lowest BCUT2D eigenvalue weighted by Crippen LogP contribution is -2.48. The topological polar surface area (TPSA) is 89.6 Å². The van der Waals surface area contributed by atoms with Crippen molar-refractivity contribution in [1.29, 1.82) is 0 Å². The van der Waals surface area contributed by atoms with Gasteiger partial charge >= 0.3 is 5.69 Å². The van der Waals surface area contributed by atoms with E-state index in [4.69, 9.17) is 0 Å². The second-order valence-corrected chi connectivity index (χ2v) is 6.83. The lowest BCUT2D eigenvalue weighted by Gasteiger charge is -2.32. The Morgan fingerprint density at radius 1 is 0.963 bits per heavy atom. The summed E-state index contributed by atoms with van der Waals surface area (Å²) >= 11 is 0. The Kier molecular flexibility index (Phi) is 5.05. The van der Waals surface area contributed by atoms with Crippen molar-refractivity contribution >= 4 is 16.9 Å². The number of piperazine rings is 1. The highest BCUT2D eigenvalue weighted by molar-refractivity contribution is 6.05. The molecule has 0 unspecified atom stereocenters. The zero-order valence-electron chi connectivity index (χ0n) is 16.2. The number of hydrogen-bond donors (Lipinski definition) is 0. The Morgan fingerprint density at radius 2 is 1.56 bits per heavy atom. The van der Waals surface area contributed by atoms with Gasteiger partial charge < -0.3 is 9.80 Å². The van der Waals surface area contributed by atoms with Crippen LogP contribution in [0.1, 0.15) is 24.2 Å². The molecule has 1 aliphatic rings. The minimum absolute atomic E-state index is 0.0760. The summed E-state index contributed by atoms with van der Waals surface area (Å²) in [6, 6.07) is 1.23. The maximum Gasteiger partial charge on any atom is 0.332 e. The second-order valence-electron chi connectivity index (χ2n) is 6.83. The number of nitrogens with zero attached hydrogens (tertiary/aromatic N) is 5. The van der Waals surface area contributed by atoms with Crippen LogP contribution in [0.25, 0.3) is 11.0 Å². The molecule has 9 heteroatoms. The number of rotatable bonds is 3. The number of carbonyl (C=O) groups is 1. The highest BCUT2D eigenvalue weighted by atomic mass is 16.2. The van der Waals surface area contributed by atoms with Crippen LogP contribution in [0.2, 0.25) is 0 Å². The summed E-state index contributed by atoms with van der Waals surface area (Å²) < 4.78 is 3.73. The highest BCUT2D eigenvalue weighted by Crippen LogP contribution is 2.15. The molecule has 0 bridgehead atoms. The fourth-order valence-electron chi connectivity index (χ4n) is 3.62. The fraction of sp³-hybridized carbons (Fsp3) is 0.556. The SMILES string of the molecule is CCn1c(=O)c2c(C(=O)N3CCN(C)CC3)cc(=O)n(CC)c2n(C)c1=O. The zero-order chi connectivity index (χ0) is 19.9. The summed E-state index contributed by atoms with van der Waals surface area (Å²) in [6.07, 6.45) is 0. The summed E-state index contributed by atoms with van der Waals surface area (Å²) in [5, 5.41) is 0.129. The molecule has 9 nitrogen and oxygen atoms in total. The molecule has 0 aromatic carbocycles. The molecule has 3 heterocycles. The summed E-state index contributed by atoms with van der Waals surface area (Å²) in [6.45, 7) is 6.46. The summed E-state index contributed by atoms with van der Waals surface area (Å²) in [5.74, 6) is -0.341. The molecule has 1 saturated heterocycles. The Balaban J connectivity index is 2.35. The molecule has 27 heavy (non-hydrogen) atoms. The Bertz CT molecular complexity index is 1070. The van der Waals surface area contributed by atoms with Crippen LogP contribution in [0.15, 0.2) is 20.4 Å². The summed E-state index contributed by atoms with van der Waals surface area (Å²) in [5.41, 5.74) is -1.16. The van der Waals surface area contributed by atoms with Crippen LogP contribution in [0.5, 0.6) is 0 Å². The molecule has 3 rings (SSSR count). The fourth-order valence-corrected chi connectivity index (χ4v) is 3.62. The number of aromatic nitrogens is 3. The molecule has 0 aliphatic carbocycles. The van der Waals surface area contributed by atoms with Crippen LogP contribution in [0.3, 0.4) is 0 Å². The minimum atomic E-state index is -0.532. The van der Waals surface area contributed by atoms with Crippen LogP contribution in [-0.4, -0.2) is 62.6 Å². The van der Waals surface area contributed by atoms with Crippen molar-refractivity contribution in [2.45, 2.75) is 26.9 Å². The molecule has 0 saturated carbocycles. The third-order valence-corrected chi connectivity index (χ3v) is 5.23. The van der Waals surface area contributed by atoms with Crippen molar-refractivity contribution in [2.75, 3.05) is 33.2 Å². The first-order valence-electron chi connectivity index (χ1n) is 9.17. The van der Waals surface area contributed by atoms with Crippen molar-refractivity contribution in [1.82, 2.24) is 23.5 Å². The quantitative estimate of drug-likeness (QED) is 0.707. The van der Waals surface area contributed by atoms with Gasteiger partial charge in [-0.15, -0.1) is 0 Å². The Labute approximate surface area is 156 Å². The van der Waals surface area contributed by atoms with E-state index < -0.39 is 16.8 Å². The second kappa shape index (κ2) is 7.15. The van der Waals surface area contributed by atoms with Crippen molar-refractivity contribution in [3.8, 4) is 0 Å². The molecule has 0 spiro atoms. The van der Waals surface area contributed by atoms with Crippen LogP contribution in [-0.2, 0) is 20.1 Å². The molecule has 0 atom stereocenters. The molecular formula is C18H25N5O4. The molecule has 2 aromatic rings. The molecule has 1 fully saturated rings. The van der Waals surface area contributed by atoms with Crippen molar-refractivity contribution in [2.24, 2.45) is 7.05 Å². The van der Waals surface area contributed by atoms with E-state index in [-0.39, 0.29) is 29.0 Å². The van der Waals surface area contributed by atoms with Gasteiger partial charge in [0.1, 0.15) is 5.65 Å². The number of carbonyl (C=O) groups excluding carboxylic acids is 1. The predicted molar refractivity (Wildman–Crippen MR) is 102 cm³/mol. The summed E-state index contributed by atoms with van der Waals surface area (Å²) in [4.78, 5) is 55.1. The average molecular weight is 375 g/mol. The van der Waals surface area contributed by atoms with Crippen LogP contribution in [0.4, 0.5) is 0 Å². The average Bonchev–Trinajstić information content (AvgIpc) is 2.65. The molecule has 0 radical (unpaired) electrons. The van der Waals surface area contributed by atoms with Gasteiger partial charge in [0.05, 0.1) is 10.9 Å². The van der Waals surface area contributed by atoms with E-state index in [1.165, 1.54) is 22.2 Å². The molecule has 0 N–H and O–H groups in total. The Morgan fingerprint density at radius 3 is 2.11 bits per heavy atom. The minimum Gasteiger partial charge on any atom is -0.336 e. The lowest BCUT2D eigenvalue weighted by atomic mass is 10.1. The van der Waals surface area contributed by atoms with Gasteiger partial charge in [-0.05, 0) is 20.9 Å². The van der Waals surface area contributed by atoms with E-state index in [1.807, 2.05) is 7.05 Å². The number of fused-ring (bicyclic) bond motifs is 1. The van der Waals surface area contributed by atoms with E-state index in [0.717, 1.165) is 17.7 Å². The van der Waals surface area contributed by atoms with Gasteiger partial charge in [0.15, 0.2) is 0 Å². The molecule has 146 valence electrons. The maximum atomic E-state index is 13.1. The number of aryl methyl sites for hydroxylation is 2. The molecule has 2 aromatic heterocycles. The van der Waals surface area contributed by atoms with Gasteiger partial charge in [0, 0.05) is 52.4 Å². The van der Waals surface area contributed by atoms with Gasteiger partial charge in [0.25, 0.3) is 17.0 Å². The van der Waals surface area contributed by atoms with Gasteiger partial charge in [-0.3, -0.25) is 28.1 Å². The third-order valence-electron chi connectivity index (χ3n) is 5.23. The van der Waals surface area contributed by atoms with Crippen molar-refractivity contribution in [3.63, 3.8) is 0 Å². The van der Waals surface area contributed by atoms with Crippen LogP contribution >= 0.6 is 0 Å². The van der Waals surface area contributed by atoms with E-state index in [1.54, 1.807) is 18.7 Å². The van der Waals surface area contributed by atoms with Gasteiger partial charge in [-0.2, -0.15) is 0 Å². The lowest BCUT2D eigenvalue weighted by molar-refractivity contribution is 0.0665. The van der Waals surface area contributed by atoms with E-state index in [2.05, 4.69) is 4.90 Å². The smallest absolute Gasteiger partial charge is 0.332 e. The molecule has 1 aliphatic heterocycles. The largest absolute Gasteiger partial charge is 0.336 e. The van der Waals surface area contributed by atoms with E-state index >= 15 is 0 Å². The number of likely N-dealkylation sites (N-methyl/N-ethyl adjacent to an activating group) is 1. The van der Waals surface area contributed by atoms with Gasteiger partial charge in [-0.25, -0.2) is 4.79 Å². The van der Waals surface area contributed by atoms with Crippen LogP contribution in [0, 0.1) is 0 Å². The maximum absolute atomic E-state index is 13.1. The van der Waals surface area contributed by atoms with Gasteiger partial charge in [0.2, 0.25) is 0 Å². The van der Waals surface area contributed by atoms with Gasteiger partial charge in [-0.1, -0.05) is 0 Å². The zero-order valence-corrected chi connectivity index (χ0v) is 16.2. The first-order chi connectivity index (χ1) is 12.8. The first kappa shape index (κ1) is 19.1. The third kappa shape index (κ3) is 3.01. The normalized spacial score (nSPS) is 15.5. The van der Waals surface area contributed by atoms with E-state index in [9.17, 15) is 19.2 Å². The predicted octanol–water partition coefficient (Wildman–Crippen LogP) is -0.711. The first-order valence-corrected chi connectivity index (χ1v) is 9.17. The molecule has 1 amide bonds. The standard InChI is InChI=1S/C18H25N5O4/c1-5-22-13(24)11-12(16(25)21-9-7-19(3)8-10-21)14-15(22)20(4)18(27)23(6-2)17(14)26/h11H,5-10H2,1-4H3. The van der Waals surface area contributed by atoms with Crippen LogP contribution < -0.4 is 16.8 Å². The van der Waals surface area contributed by atoms with Crippen molar-refractivity contribution < 1.29 is 4.79 Å². The highest BCUT2D eigenvalue weighted by Gasteiger charge is 2.26. The van der Waals surface area contributed by atoms with Crippen molar-refractivity contribution in [3.05, 3.63) is 42.8 Å². The Hall–Kier alpha value is -2.68. The number of pyridine rings is 1.